The highest BCUT2D eigenvalue weighted by atomic mass is 14.4. The van der Waals surface area contributed by atoms with Gasteiger partial charge in [0.05, 0.1) is 0 Å². The summed E-state index contributed by atoms with van der Waals surface area (Å²) in [4.78, 5) is 0. The van der Waals surface area contributed by atoms with Gasteiger partial charge in [-0.1, -0.05) is 53.4 Å². The lowest BCUT2D eigenvalue weighted by Gasteiger charge is -2.30. The van der Waals surface area contributed by atoms with E-state index in [9.17, 15) is 0 Å². The van der Waals surface area contributed by atoms with E-state index in [1.807, 2.05) is 0 Å². The summed E-state index contributed by atoms with van der Waals surface area (Å²) >= 11 is 0. The Labute approximate surface area is 96.8 Å². The monoisotopic (exact) mass is 210 g/mol. The molecule has 3 atom stereocenters. The quantitative estimate of drug-likeness (QED) is 0.549. The van der Waals surface area contributed by atoms with E-state index in [-0.39, 0.29) is 0 Å². The molecule has 0 amide bonds. The van der Waals surface area contributed by atoms with Crippen molar-refractivity contribution >= 4 is 0 Å². The summed E-state index contributed by atoms with van der Waals surface area (Å²) in [6, 6.07) is 0. The second-order valence-electron chi connectivity index (χ2n) is 6.15. The lowest BCUT2D eigenvalue weighted by atomic mass is 9.75. The molecule has 1 aliphatic carbocycles. The maximum absolute atomic E-state index is 2.45. The molecule has 0 bridgehead atoms. The maximum atomic E-state index is 2.45. The molecule has 0 aliphatic heterocycles. The van der Waals surface area contributed by atoms with Gasteiger partial charge >= 0.3 is 0 Å². The highest BCUT2D eigenvalue weighted by molar-refractivity contribution is 4.87. The second-order valence-corrected chi connectivity index (χ2v) is 6.15. The van der Waals surface area contributed by atoms with Crippen molar-refractivity contribution in [2.45, 2.75) is 79.1 Å². The maximum Gasteiger partial charge on any atom is -0.0295 e. The molecule has 0 aromatic rings. The van der Waals surface area contributed by atoms with Crippen LogP contribution < -0.4 is 0 Å². The van der Waals surface area contributed by atoms with E-state index in [1.54, 1.807) is 0 Å². The van der Waals surface area contributed by atoms with Gasteiger partial charge in [-0.2, -0.15) is 0 Å². The van der Waals surface area contributed by atoms with Gasteiger partial charge in [0.25, 0.3) is 0 Å². The summed E-state index contributed by atoms with van der Waals surface area (Å²) < 4.78 is 0. The predicted molar refractivity (Wildman–Crippen MR) is 69.0 cm³/mol. The van der Waals surface area contributed by atoms with E-state index in [4.69, 9.17) is 0 Å². The Morgan fingerprint density at radius 1 is 1.27 bits per heavy atom. The van der Waals surface area contributed by atoms with Crippen molar-refractivity contribution in [1.29, 1.82) is 0 Å². The van der Waals surface area contributed by atoms with Gasteiger partial charge in [0, 0.05) is 0 Å². The van der Waals surface area contributed by atoms with Crippen LogP contribution in [0.5, 0.6) is 0 Å². The lowest BCUT2D eigenvalue weighted by Crippen LogP contribution is -2.17. The van der Waals surface area contributed by atoms with E-state index >= 15 is 0 Å². The van der Waals surface area contributed by atoms with Crippen molar-refractivity contribution in [3.8, 4) is 0 Å². The van der Waals surface area contributed by atoms with Crippen LogP contribution in [0.15, 0.2) is 0 Å². The summed E-state index contributed by atoms with van der Waals surface area (Å²) in [7, 11) is 0. The average Bonchev–Trinajstić information content (AvgIpc) is 2.58. The highest BCUT2D eigenvalue weighted by Gasteiger charge is 2.36. The Hall–Kier alpha value is 0. The van der Waals surface area contributed by atoms with Crippen LogP contribution in [0.1, 0.15) is 79.1 Å². The van der Waals surface area contributed by atoms with Crippen molar-refractivity contribution in [1.82, 2.24) is 0 Å². The van der Waals surface area contributed by atoms with Gasteiger partial charge < -0.3 is 0 Å². The zero-order valence-corrected chi connectivity index (χ0v) is 11.3. The second kappa shape index (κ2) is 5.92. The van der Waals surface area contributed by atoms with Crippen molar-refractivity contribution in [3.63, 3.8) is 0 Å². The highest BCUT2D eigenvalue weighted by Crippen LogP contribution is 2.48. The van der Waals surface area contributed by atoms with Gasteiger partial charge in [0.2, 0.25) is 0 Å². The van der Waals surface area contributed by atoms with Crippen LogP contribution in [0.2, 0.25) is 0 Å². The van der Waals surface area contributed by atoms with Gasteiger partial charge in [-0.15, -0.1) is 0 Å². The van der Waals surface area contributed by atoms with Crippen LogP contribution in [-0.4, -0.2) is 0 Å². The molecule has 1 saturated carbocycles. The van der Waals surface area contributed by atoms with Crippen molar-refractivity contribution < 1.29 is 0 Å². The lowest BCUT2D eigenvalue weighted by molar-refractivity contribution is 0.216. The van der Waals surface area contributed by atoms with Gasteiger partial charge in [0.15, 0.2) is 0 Å². The number of rotatable bonds is 6. The van der Waals surface area contributed by atoms with E-state index in [1.165, 1.54) is 51.4 Å². The molecule has 15 heavy (non-hydrogen) atoms. The van der Waals surface area contributed by atoms with Crippen LogP contribution in [0.25, 0.3) is 0 Å². The fourth-order valence-electron chi connectivity index (χ4n) is 3.36. The molecule has 1 fully saturated rings. The van der Waals surface area contributed by atoms with E-state index in [0.29, 0.717) is 0 Å². The molecule has 0 spiro atoms. The van der Waals surface area contributed by atoms with Crippen LogP contribution in [0.3, 0.4) is 0 Å². The third-order valence-corrected chi connectivity index (χ3v) is 4.59. The molecule has 0 radical (unpaired) electrons. The molecule has 1 aliphatic rings. The molecule has 1 rings (SSSR count). The molecule has 0 heteroatoms. The molecule has 0 nitrogen and oxygen atoms in total. The topological polar surface area (TPSA) is 0 Å². The molecule has 0 heterocycles. The van der Waals surface area contributed by atoms with Crippen molar-refractivity contribution in [3.05, 3.63) is 0 Å². The fourth-order valence-corrected chi connectivity index (χ4v) is 3.36. The smallest absolute Gasteiger partial charge is 0.0295 e. The van der Waals surface area contributed by atoms with E-state index in [2.05, 4.69) is 27.7 Å². The van der Waals surface area contributed by atoms with Crippen LogP contribution >= 0.6 is 0 Å². The molecule has 0 N–H and O–H groups in total. The standard InChI is InChI=1S/C15H30/c1-5-9-15(10-7-13(3)6-2)11-8-14(4)12-15/h13-14H,5-12H2,1-4H3. The van der Waals surface area contributed by atoms with Crippen molar-refractivity contribution in [2.24, 2.45) is 17.3 Å². The summed E-state index contributed by atoms with van der Waals surface area (Å²) in [6.45, 7) is 9.54. The predicted octanol–water partition coefficient (Wildman–Crippen LogP) is 5.42. The number of hydrogen-bond acceptors (Lipinski definition) is 0. The van der Waals surface area contributed by atoms with E-state index in [0.717, 1.165) is 17.3 Å². The van der Waals surface area contributed by atoms with E-state index < -0.39 is 0 Å². The first-order chi connectivity index (χ1) is 7.12. The summed E-state index contributed by atoms with van der Waals surface area (Å²) in [5, 5.41) is 0. The van der Waals surface area contributed by atoms with Crippen LogP contribution in [-0.2, 0) is 0 Å². The molecule has 3 unspecified atom stereocenters. The zero-order valence-electron chi connectivity index (χ0n) is 11.3. The first kappa shape index (κ1) is 13.1. The van der Waals surface area contributed by atoms with Crippen LogP contribution in [0, 0.1) is 17.3 Å². The minimum Gasteiger partial charge on any atom is -0.0654 e. The third kappa shape index (κ3) is 3.81. The van der Waals surface area contributed by atoms with Gasteiger partial charge in [-0.05, 0) is 42.9 Å². The molecular formula is C15H30. The van der Waals surface area contributed by atoms with Gasteiger partial charge in [-0.3, -0.25) is 0 Å². The fraction of sp³-hybridized carbons (Fsp3) is 1.00. The van der Waals surface area contributed by atoms with Gasteiger partial charge in [0.1, 0.15) is 0 Å². The first-order valence-corrected chi connectivity index (χ1v) is 7.12. The molecule has 90 valence electrons. The first-order valence-electron chi connectivity index (χ1n) is 7.12. The molecule has 0 aromatic heterocycles. The molecule has 0 saturated heterocycles. The summed E-state index contributed by atoms with van der Waals surface area (Å²) in [6.07, 6.45) is 11.7. The SMILES string of the molecule is CCCC1(CCC(C)CC)CCC(C)C1. The van der Waals surface area contributed by atoms with Gasteiger partial charge in [-0.25, -0.2) is 0 Å². The van der Waals surface area contributed by atoms with Crippen LogP contribution in [0.4, 0.5) is 0 Å². The summed E-state index contributed by atoms with van der Waals surface area (Å²) in [5.74, 6) is 1.93. The Kier molecular flexibility index (Phi) is 5.15. The molecular weight excluding hydrogens is 180 g/mol. The minimum atomic E-state index is 0.748. The summed E-state index contributed by atoms with van der Waals surface area (Å²) in [5.41, 5.74) is 0.748. The zero-order chi connectivity index (χ0) is 11.3. The van der Waals surface area contributed by atoms with Crippen molar-refractivity contribution in [2.75, 3.05) is 0 Å². The Bertz CT molecular complexity index is 169. The Morgan fingerprint density at radius 2 is 2.00 bits per heavy atom. The largest absolute Gasteiger partial charge is 0.0654 e. The normalized spacial score (nSPS) is 33.2. The minimum absolute atomic E-state index is 0.748. The Morgan fingerprint density at radius 3 is 2.47 bits per heavy atom. The average molecular weight is 210 g/mol. The number of hydrogen-bond donors (Lipinski definition) is 0. The third-order valence-electron chi connectivity index (χ3n) is 4.59. The molecule has 0 aromatic carbocycles. The Balaban J connectivity index is 2.43.